The van der Waals surface area contributed by atoms with Gasteiger partial charge in [0.1, 0.15) is 5.75 Å². The minimum Gasteiger partial charge on any atom is -0.495 e. The van der Waals surface area contributed by atoms with Gasteiger partial charge in [-0.1, -0.05) is 36.4 Å². The van der Waals surface area contributed by atoms with Crippen LogP contribution in [0.15, 0.2) is 48.5 Å². The number of anilines is 1. The first-order chi connectivity index (χ1) is 10.2. The molecule has 0 unspecified atom stereocenters. The molecule has 0 bridgehead atoms. The molecule has 3 heteroatoms. The van der Waals surface area contributed by atoms with E-state index >= 15 is 0 Å². The Kier molecular flexibility index (Phi) is 4.63. The minimum absolute atomic E-state index is 0.634. The van der Waals surface area contributed by atoms with E-state index in [1.807, 2.05) is 73.6 Å². The summed E-state index contributed by atoms with van der Waals surface area (Å²) < 4.78 is 5.41. The van der Waals surface area contributed by atoms with Crippen molar-refractivity contribution < 1.29 is 4.74 Å². The highest BCUT2D eigenvalue weighted by atomic mass is 16.5. The second-order valence-corrected chi connectivity index (χ2v) is 4.86. The van der Waals surface area contributed by atoms with Gasteiger partial charge >= 0.3 is 0 Å². The van der Waals surface area contributed by atoms with Crippen LogP contribution in [-0.2, 0) is 0 Å². The molecule has 0 aliphatic heterocycles. The molecule has 0 N–H and O–H groups in total. The van der Waals surface area contributed by atoms with Crippen LogP contribution in [0.1, 0.15) is 11.1 Å². The maximum absolute atomic E-state index is 9.35. The standard InChI is InChI=1S/C18H18N2O/c1-20(2)17-10-9-14(12-18(17)21-3)11-16(13-19)15-7-5-4-6-8-15/h4-12H,1-3H3/b16-11+. The Labute approximate surface area is 125 Å². The maximum Gasteiger partial charge on any atom is 0.142 e. The van der Waals surface area contributed by atoms with Crippen LogP contribution < -0.4 is 9.64 Å². The average molecular weight is 278 g/mol. The SMILES string of the molecule is COc1cc(/C=C(\C#N)c2ccccc2)ccc1N(C)C. The van der Waals surface area contributed by atoms with E-state index < -0.39 is 0 Å². The van der Waals surface area contributed by atoms with Crippen molar-refractivity contribution in [3.8, 4) is 11.8 Å². The zero-order valence-electron chi connectivity index (χ0n) is 12.5. The molecular formula is C18H18N2O. The van der Waals surface area contributed by atoms with Gasteiger partial charge in [0.2, 0.25) is 0 Å². The predicted molar refractivity (Wildman–Crippen MR) is 87.2 cm³/mol. The highest BCUT2D eigenvalue weighted by Crippen LogP contribution is 2.29. The smallest absolute Gasteiger partial charge is 0.142 e. The lowest BCUT2D eigenvalue weighted by Crippen LogP contribution is -2.10. The molecule has 0 spiro atoms. The van der Waals surface area contributed by atoms with Gasteiger partial charge in [0, 0.05) is 14.1 Å². The molecule has 0 aromatic heterocycles. The summed E-state index contributed by atoms with van der Waals surface area (Å²) >= 11 is 0. The third-order valence-electron chi connectivity index (χ3n) is 3.20. The summed E-state index contributed by atoms with van der Waals surface area (Å²) in [6.45, 7) is 0. The fourth-order valence-electron chi connectivity index (χ4n) is 2.12. The van der Waals surface area contributed by atoms with E-state index in [0.29, 0.717) is 5.57 Å². The third-order valence-corrected chi connectivity index (χ3v) is 3.20. The lowest BCUT2D eigenvalue weighted by molar-refractivity contribution is 0.415. The van der Waals surface area contributed by atoms with Crippen LogP contribution in [0, 0.1) is 11.3 Å². The van der Waals surface area contributed by atoms with Crippen molar-refractivity contribution in [1.82, 2.24) is 0 Å². The van der Waals surface area contributed by atoms with E-state index in [1.54, 1.807) is 7.11 Å². The van der Waals surface area contributed by atoms with Crippen LogP contribution >= 0.6 is 0 Å². The van der Waals surface area contributed by atoms with E-state index in [4.69, 9.17) is 4.74 Å². The highest BCUT2D eigenvalue weighted by Gasteiger charge is 2.06. The van der Waals surface area contributed by atoms with Gasteiger partial charge < -0.3 is 9.64 Å². The topological polar surface area (TPSA) is 36.3 Å². The number of hydrogen-bond acceptors (Lipinski definition) is 3. The molecule has 0 heterocycles. The van der Waals surface area contributed by atoms with Crippen LogP contribution in [-0.4, -0.2) is 21.2 Å². The quantitative estimate of drug-likeness (QED) is 0.630. The normalized spacial score (nSPS) is 10.9. The van der Waals surface area contributed by atoms with E-state index in [-0.39, 0.29) is 0 Å². The van der Waals surface area contributed by atoms with Crippen molar-refractivity contribution in [2.75, 3.05) is 26.1 Å². The van der Waals surface area contributed by atoms with Crippen molar-refractivity contribution in [3.05, 3.63) is 59.7 Å². The number of benzene rings is 2. The molecule has 2 aromatic carbocycles. The fourth-order valence-corrected chi connectivity index (χ4v) is 2.12. The van der Waals surface area contributed by atoms with E-state index in [0.717, 1.165) is 22.6 Å². The molecule has 0 saturated carbocycles. The van der Waals surface area contributed by atoms with Crippen molar-refractivity contribution in [2.24, 2.45) is 0 Å². The Morgan fingerprint density at radius 3 is 2.43 bits per heavy atom. The molecule has 21 heavy (non-hydrogen) atoms. The Morgan fingerprint density at radius 1 is 1.14 bits per heavy atom. The Hall–Kier alpha value is -2.73. The summed E-state index contributed by atoms with van der Waals surface area (Å²) in [7, 11) is 5.59. The summed E-state index contributed by atoms with van der Waals surface area (Å²) in [5.41, 5.74) is 3.50. The van der Waals surface area contributed by atoms with E-state index in [9.17, 15) is 5.26 Å². The molecule has 0 atom stereocenters. The molecule has 0 fully saturated rings. The van der Waals surface area contributed by atoms with Crippen LogP contribution in [0.3, 0.4) is 0 Å². The molecule has 0 aliphatic carbocycles. The molecular weight excluding hydrogens is 260 g/mol. The number of nitrogens with zero attached hydrogens (tertiary/aromatic N) is 2. The van der Waals surface area contributed by atoms with Crippen LogP contribution in [0.5, 0.6) is 5.75 Å². The van der Waals surface area contributed by atoms with Gasteiger partial charge in [0.05, 0.1) is 24.4 Å². The van der Waals surface area contributed by atoms with Gasteiger partial charge in [-0.05, 0) is 29.3 Å². The monoisotopic (exact) mass is 278 g/mol. The molecule has 0 saturated heterocycles. The van der Waals surface area contributed by atoms with E-state index in [1.165, 1.54) is 0 Å². The Morgan fingerprint density at radius 2 is 1.86 bits per heavy atom. The van der Waals surface area contributed by atoms with Gasteiger partial charge in [-0.2, -0.15) is 5.26 Å². The van der Waals surface area contributed by atoms with Crippen LogP contribution in [0.2, 0.25) is 0 Å². The minimum atomic E-state index is 0.634. The first kappa shape index (κ1) is 14.7. The first-order valence-electron chi connectivity index (χ1n) is 6.68. The fraction of sp³-hybridized carbons (Fsp3) is 0.167. The second kappa shape index (κ2) is 6.62. The second-order valence-electron chi connectivity index (χ2n) is 4.86. The van der Waals surface area contributed by atoms with Crippen LogP contribution in [0.4, 0.5) is 5.69 Å². The number of methoxy groups -OCH3 is 1. The third kappa shape index (κ3) is 3.43. The molecule has 106 valence electrons. The number of hydrogen-bond donors (Lipinski definition) is 0. The Bertz CT molecular complexity index is 682. The van der Waals surface area contributed by atoms with Crippen molar-refractivity contribution >= 4 is 17.3 Å². The summed E-state index contributed by atoms with van der Waals surface area (Å²) in [4.78, 5) is 1.99. The molecule has 0 amide bonds. The summed E-state index contributed by atoms with van der Waals surface area (Å²) in [6.07, 6.45) is 1.87. The highest BCUT2D eigenvalue weighted by molar-refractivity contribution is 5.90. The first-order valence-corrected chi connectivity index (χ1v) is 6.68. The van der Waals surface area contributed by atoms with Crippen LogP contribution in [0.25, 0.3) is 11.6 Å². The molecule has 0 radical (unpaired) electrons. The summed E-state index contributed by atoms with van der Waals surface area (Å²) in [5, 5.41) is 9.35. The Balaban J connectivity index is 2.42. The molecule has 2 aromatic rings. The number of rotatable bonds is 4. The van der Waals surface area contributed by atoms with Crippen molar-refractivity contribution in [3.63, 3.8) is 0 Å². The predicted octanol–water partition coefficient (Wildman–Crippen LogP) is 3.83. The number of ether oxygens (including phenoxy) is 1. The van der Waals surface area contributed by atoms with Gasteiger partial charge in [-0.25, -0.2) is 0 Å². The zero-order chi connectivity index (χ0) is 15.2. The number of nitriles is 1. The molecule has 3 nitrogen and oxygen atoms in total. The molecule has 2 rings (SSSR count). The van der Waals surface area contributed by atoms with Gasteiger partial charge in [0.15, 0.2) is 0 Å². The average Bonchev–Trinajstić information content (AvgIpc) is 2.53. The van der Waals surface area contributed by atoms with Gasteiger partial charge in [-0.15, -0.1) is 0 Å². The summed E-state index contributed by atoms with van der Waals surface area (Å²) in [5.74, 6) is 0.791. The van der Waals surface area contributed by atoms with Crippen molar-refractivity contribution in [2.45, 2.75) is 0 Å². The van der Waals surface area contributed by atoms with Gasteiger partial charge in [-0.3, -0.25) is 0 Å². The molecule has 0 aliphatic rings. The van der Waals surface area contributed by atoms with Gasteiger partial charge in [0.25, 0.3) is 0 Å². The lowest BCUT2D eigenvalue weighted by Gasteiger charge is -2.16. The largest absolute Gasteiger partial charge is 0.495 e. The lowest BCUT2D eigenvalue weighted by atomic mass is 10.0. The van der Waals surface area contributed by atoms with E-state index in [2.05, 4.69) is 6.07 Å². The summed E-state index contributed by atoms with van der Waals surface area (Å²) in [6, 6.07) is 17.8. The zero-order valence-corrected chi connectivity index (χ0v) is 12.5. The maximum atomic E-state index is 9.35. The number of allylic oxidation sites excluding steroid dienone is 1. The van der Waals surface area contributed by atoms with Crippen molar-refractivity contribution in [1.29, 1.82) is 5.26 Å².